The number of hydrogen-bond donors (Lipinski definition) is 1. The quantitative estimate of drug-likeness (QED) is 0.602. The van der Waals surface area contributed by atoms with Crippen molar-refractivity contribution in [1.82, 2.24) is 14.5 Å². The fourth-order valence-corrected chi connectivity index (χ4v) is 3.15. The van der Waals surface area contributed by atoms with E-state index >= 15 is 0 Å². The molecule has 0 saturated heterocycles. The first-order valence-electron chi connectivity index (χ1n) is 8.47. The number of ether oxygens (including phenoxy) is 1. The molecule has 4 aromatic rings. The highest BCUT2D eigenvalue weighted by molar-refractivity contribution is 5.77. The maximum atomic E-state index is 12.4. The molecule has 5 heteroatoms. The molecule has 2 heterocycles. The Balaban J connectivity index is 1.75. The van der Waals surface area contributed by atoms with Crippen LogP contribution in [-0.4, -0.2) is 28.3 Å². The minimum Gasteiger partial charge on any atom is -0.384 e. The highest BCUT2D eigenvalue weighted by Gasteiger charge is 2.18. The van der Waals surface area contributed by atoms with Crippen LogP contribution in [0.15, 0.2) is 77.9 Å². The van der Waals surface area contributed by atoms with Gasteiger partial charge in [0.25, 0.3) is 5.56 Å². The molecule has 0 saturated carbocycles. The normalized spacial score (nSPS) is 12.3. The van der Waals surface area contributed by atoms with Crippen molar-refractivity contribution >= 4 is 10.9 Å². The number of fused-ring (bicyclic) bond motifs is 1. The predicted octanol–water partition coefficient (Wildman–Crippen LogP) is 3.49. The molecule has 1 unspecified atom stereocenters. The first-order valence-corrected chi connectivity index (χ1v) is 8.47. The van der Waals surface area contributed by atoms with Crippen molar-refractivity contribution in [2.45, 2.75) is 5.92 Å². The Hall–Kier alpha value is -3.18. The van der Waals surface area contributed by atoms with Gasteiger partial charge in [-0.25, -0.2) is 4.98 Å². The van der Waals surface area contributed by atoms with Crippen molar-refractivity contribution in [2.24, 2.45) is 0 Å². The van der Waals surface area contributed by atoms with Gasteiger partial charge in [-0.2, -0.15) is 0 Å². The minimum absolute atomic E-state index is 0.129. The van der Waals surface area contributed by atoms with Crippen molar-refractivity contribution in [3.8, 4) is 5.69 Å². The maximum Gasteiger partial charge on any atom is 0.258 e. The van der Waals surface area contributed by atoms with Gasteiger partial charge in [-0.1, -0.05) is 24.3 Å². The second-order valence-electron chi connectivity index (χ2n) is 6.16. The average molecular weight is 345 g/mol. The zero-order valence-corrected chi connectivity index (χ0v) is 14.4. The zero-order valence-electron chi connectivity index (χ0n) is 14.4. The van der Waals surface area contributed by atoms with Crippen LogP contribution >= 0.6 is 0 Å². The van der Waals surface area contributed by atoms with Gasteiger partial charge in [0.1, 0.15) is 5.82 Å². The summed E-state index contributed by atoms with van der Waals surface area (Å²) < 4.78 is 7.45. The minimum atomic E-state index is -0.143. The van der Waals surface area contributed by atoms with Gasteiger partial charge in [0.2, 0.25) is 0 Å². The first-order chi connectivity index (χ1) is 12.8. The number of benzene rings is 2. The number of aromatic amines is 1. The van der Waals surface area contributed by atoms with E-state index in [0.29, 0.717) is 23.3 Å². The summed E-state index contributed by atoms with van der Waals surface area (Å²) in [6.07, 6.45) is 4.01. The molecule has 0 fully saturated rings. The fourth-order valence-electron chi connectivity index (χ4n) is 3.15. The molecule has 130 valence electrons. The third-order valence-electron chi connectivity index (χ3n) is 4.49. The van der Waals surface area contributed by atoms with Crippen LogP contribution in [0.2, 0.25) is 0 Å². The Morgan fingerprint density at radius 3 is 2.50 bits per heavy atom. The van der Waals surface area contributed by atoms with Crippen LogP contribution < -0.4 is 5.56 Å². The average Bonchev–Trinajstić information content (AvgIpc) is 3.21. The van der Waals surface area contributed by atoms with Gasteiger partial charge in [0, 0.05) is 25.2 Å². The lowest BCUT2D eigenvalue weighted by Gasteiger charge is -2.17. The molecule has 0 radical (unpaired) electrons. The van der Waals surface area contributed by atoms with E-state index in [1.165, 1.54) is 0 Å². The Kier molecular flexibility index (Phi) is 4.37. The zero-order chi connectivity index (χ0) is 17.9. The second kappa shape index (κ2) is 6.98. The molecule has 1 atom stereocenters. The van der Waals surface area contributed by atoms with Gasteiger partial charge in [-0.05, 0) is 42.0 Å². The summed E-state index contributed by atoms with van der Waals surface area (Å²) in [5.74, 6) is 0.472. The van der Waals surface area contributed by atoms with Crippen LogP contribution in [0.5, 0.6) is 0 Å². The Morgan fingerprint density at radius 1 is 1.04 bits per heavy atom. The molecular weight excluding hydrogens is 326 g/mol. The fraction of sp³-hybridized carbons (Fsp3) is 0.143. The molecule has 0 spiro atoms. The van der Waals surface area contributed by atoms with Crippen LogP contribution in [0.25, 0.3) is 16.6 Å². The molecule has 2 aromatic carbocycles. The topological polar surface area (TPSA) is 59.9 Å². The first kappa shape index (κ1) is 16.3. The van der Waals surface area contributed by atoms with Gasteiger partial charge >= 0.3 is 0 Å². The van der Waals surface area contributed by atoms with Gasteiger partial charge in [-0.3, -0.25) is 4.79 Å². The molecular formula is C21H19N3O2. The largest absolute Gasteiger partial charge is 0.384 e. The molecule has 0 aliphatic rings. The van der Waals surface area contributed by atoms with Crippen molar-refractivity contribution in [2.75, 3.05) is 13.7 Å². The monoisotopic (exact) mass is 345 g/mol. The van der Waals surface area contributed by atoms with Gasteiger partial charge in [0.05, 0.1) is 23.4 Å². The van der Waals surface area contributed by atoms with Crippen molar-refractivity contribution < 1.29 is 4.74 Å². The maximum absolute atomic E-state index is 12.4. The number of nitrogens with zero attached hydrogens (tertiary/aromatic N) is 2. The summed E-state index contributed by atoms with van der Waals surface area (Å²) >= 11 is 0. The standard InChI is InChI=1S/C21H19N3O2/c1-26-14-18(15-8-10-16(11-9-15)24-12-4-5-13-24)20-22-19-7-3-2-6-17(19)21(25)23-20/h2-13,18H,14H2,1H3,(H,22,23,25). The number of aromatic nitrogens is 3. The highest BCUT2D eigenvalue weighted by Crippen LogP contribution is 2.24. The molecule has 0 amide bonds. The molecule has 0 aliphatic heterocycles. The molecule has 0 bridgehead atoms. The van der Waals surface area contributed by atoms with E-state index in [4.69, 9.17) is 4.74 Å². The van der Waals surface area contributed by atoms with E-state index in [9.17, 15) is 4.79 Å². The second-order valence-corrected chi connectivity index (χ2v) is 6.16. The molecule has 2 aromatic heterocycles. The summed E-state index contributed by atoms with van der Waals surface area (Å²) in [6.45, 7) is 0.435. The molecule has 5 nitrogen and oxygen atoms in total. The van der Waals surface area contributed by atoms with E-state index < -0.39 is 0 Å². The van der Waals surface area contributed by atoms with Gasteiger partial charge in [-0.15, -0.1) is 0 Å². The lowest BCUT2D eigenvalue weighted by atomic mass is 9.98. The lowest BCUT2D eigenvalue weighted by Crippen LogP contribution is -2.18. The van der Waals surface area contributed by atoms with E-state index in [-0.39, 0.29) is 11.5 Å². The van der Waals surface area contributed by atoms with Crippen LogP contribution in [-0.2, 0) is 4.74 Å². The Bertz CT molecular complexity index is 1070. The van der Waals surface area contributed by atoms with E-state index in [2.05, 4.69) is 22.1 Å². The predicted molar refractivity (Wildman–Crippen MR) is 102 cm³/mol. The summed E-state index contributed by atoms with van der Waals surface area (Å²) in [5, 5.41) is 0.593. The number of hydrogen-bond acceptors (Lipinski definition) is 3. The van der Waals surface area contributed by atoms with Crippen LogP contribution in [0, 0.1) is 0 Å². The Morgan fingerprint density at radius 2 is 1.77 bits per heavy atom. The third kappa shape index (κ3) is 3.05. The number of methoxy groups -OCH3 is 1. The van der Waals surface area contributed by atoms with E-state index in [1.807, 2.05) is 59.4 Å². The summed E-state index contributed by atoms with van der Waals surface area (Å²) in [5.41, 5.74) is 2.68. The number of rotatable bonds is 5. The summed E-state index contributed by atoms with van der Waals surface area (Å²) in [6, 6.07) is 19.5. The number of H-pyrrole nitrogens is 1. The highest BCUT2D eigenvalue weighted by atomic mass is 16.5. The van der Waals surface area contributed by atoms with Gasteiger partial charge < -0.3 is 14.3 Å². The molecule has 26 heavy (non-hydrogen) atoms. The SMILES string of the molecule is COCC(c1ccc(-n2cccc2)cc1)c1nc2ccccc2c(=O)[nH]1. The molecule has 1 N–H and O–H groups in total. The number of para-hydroxylation sites is 1. The number of nitrogens with one attached hydrogen (secondary N) is 1. The molecule has 4 rings (SSSR count). The smallest absolute Gasteiger partial charge is 0.258 e. The van der Waals surface area contributed by atoms with E-state index in [0.717, 1.165) is 11.3 Å². The van der Waals surface area contributed by atoms with Crippen molar-refractivity contribution in [3.05, 3.63) is 94.8 Å². The summed E-state index contributed by atoms with van der Waals surface area (Å²) in [7, 11) is 1.65. The van der Waals surface area contributed by atoms with Crippen molar-refractivity contribution in [1.29, 1.82) is 0 Å². The van der Waals surface area contributed by atoms with Gasteiger partial charge in [0.15, 0.2) is 0 Å². The lowest BCUT2D eigenvalue weighted by molar-refractivity contribution is 0.187. The van der Waals surface area contributed by atoms with E-state index in [1.54, 1.807) is 13.2 Å². The van der Waals surface area contributed by atoms with Crippen LogP contribution in [0.4, 0.5) is 0 Å². The van der Waals surface area contributed by atoms with Crippen molar-refractivity contribution in [3.63, 3.8) is 0 Å². The summed E-state index contributed by atoms with van der Waals surface area (Å²) in [4.78, 5) is 20.0. The van der Waals surface area contributed by atoms with Crippen LogP contribution in [0.1, 0.15) is 17.3 Å². The Labute approximate surface area is 150 Å². The third-order valence-corrected chi connectivity index (χ3v) is 4.49. The molecule has 0 aliphatic carbocycles. The van der Waals surface area contributed by atoms with Crippen LogP contribution in [0.3, 0.4) is 0 Å².